The van der Waals surface area contributed by atoms with E-state index in [1.54, 1.807) is 6.07 Å². The molecule has 3 rings (SSSR count). The largest absolute Gasteiger partial charge is 0.207 e. The summed E-state index contributed by atoms with van der Waals surface area (Å²) in [5, 5.41) is 0. The summed E-state index contributed by atoms with van der Waals surface area (Å²) in [6.07, 6.45) is 11.6. The second-order valence-corrected chi connectivity index (χ2v) is 8.18. The van der Waals surface area contributed by atoms with E-state index in [4.69, 9.17) is 0 Å². The van der Waals surface area contributed by atoms with Gasteiger partial charge in [-0.2, -0.15) is 0 Å². The predicted octanol–water partition coefficient (Wildman–Crippen LogP) is 8.30. The molecule has 0 bridgehead atoms. The Labute approximate surface area is 187 Å². The van der Waals surface area contributed by atoms with Crippen molar-refractivity contribution in [3.63, 3.8) is 0 Å². The first kappa shape index (κ1) is 22.7. The van der Waals surface area contributed by atoms with E-state index in [-0.39, 0.29) is 5.82 Å². The molecule has 0 saturated carbocycles. The van der Waals surface area contributed by atoms with Gasteiger partial charge in [-0.1, -0.05) is 72.8 Å². The summed E-state index contributed by atoms with van der Waals surface area (Å²) in [4.78, 5) is 0. The highest BCUT2D eigenvalue weighted by Crippen LogP contribution is 2.22. The fourth-order valence-corrected chi connectivity index (χ4v) is 3.86. The molecule has 0 spiro atoms. The smallest absolute Gasteiger partial charge is 0.126 e. The lowest BCUT2D eigenvalue weighted by molar-refractivity contribution is 0.605. The summed E-state index contributed by atoms with van der Waals surface area (Å²) in [5.41, 5.74) is 7.10. The Bertz CT molecular complexity index is 964. The number of halogens is 1. The molecule has 0 atom stereocenters. The Balaban J connectivity index is 1.46. The molecule has 3 aromatic rings. The van der Waals surface area contributed by atoms with Crippen LogP contribution in [0, 0.1) is 5.82 Å². The Morgan fingerprint density at radius 2 is 1.06 bits per heavy atom. The maximum absolute atomic E-state index is 14.2. The Kier molecular flexibility index (Phi) is 8.84. The van der Waals surface area contributed by atoms with Crippen LogP contribution >= 0.6 is 0 Å². The van der Waals surface area contributed by atoms with E-state index in [0.29, 0.717) is 0 Å². The van der Waals surface area contributed by atoms with Gasteiger partial charge in [0.05, 0.1) is 0 Å². The molecule has 0 aliphatic heterocycles. The van der Waals surface area contributed by atoms with Gasteiger partial charge >= 0.3 is 0 Å². The SMILES string of the molecule is C=CCCc1ccc(-c2ccc(CCCCc3ccc(CCC=C)c(F)c3)cc2)cc1. The van der Waals surface area contributed by atoms with Gasteiger partial charge in [0.1, 0.15) is 5.82 Å². The standard InChI is InChI=1S/C30H33F/c1-3-5-9-24-13-18-27(19-14-24)28-20-15-25(16-21-28)10-7-8-11-26-17-22-29(12-6-4-2)30(31)23-26/h3-4,13-23H,1-2,5-12H2. The van der Waals surface area contributed by atoms with Crippen molar-refractivity contribution in [3.05, 3.63) is 120 Å². The molecule has 0 saturated heterocycles. The first-order valence-electron chi connectivity index (χ1n) is 11.4. The third-order valence-corrected chi connectivity index (χ3v) is 5.79. The Hall–Kier alpha value is -2.93. The molecular weight excluding hydrogens is 379 g/mol. The number of allylic oxidation sites excluding steroid dienone is 2. The summed E-state index contributed by atoms with van der Waals surface area (Å²) in [5.74, 6) is -0.0799. The maximum atomic E-state index is 14.2. The number of aryl methyl sites for hydroxylation is 4. The first-order valence-corrected chi connectivity index (χ1v) is 11.4. The number of unbranched alkanes of at least 4 members (excludes halogenated alkanes) is 1. The highest BCUT2D eigenvalue weighted by atomic mass is 19.1. The summed E-state index contributed by atoms with van der Waals surface area (Å²) in [6.45, 7) is 7.49. The fourth-order valence-electron chi connectivity index (χ4n) is 3.86. The molecule has 0 fully saturated rings. The van der Waals surface area contributed by atoms with Crippen molar-refractivity contribution in [1.82, 2.24) is 0 Å². The third-order valence-electron chi connectivity index (χ3n) is 5.79. The topological polar surface area (TPSA) is 0 Å². The van der Waals surface area contributed by atoms with Crippen molar-refractivity contribution in [2.75, 3.05) is 0 Å². The van der Waals surface area contributed by atoms with Crippen molar-refractivity contribution in [3.8, 4) is 11.1 Å². The highest BCUT2D eigenvalue weighted by molar-refractivity contribution is 5.64. The van der Waals surface area contributed by atoms with Crippen LogP contribution in [0.3, 0.4) is 0 Å². The predicted molar refractivity (Wildman–Crippen MR) is 132 cm³/mol. The molecule has 0 unspecified atom stereocenters. The molecule has 0 aliphatic rings. The fraction of sp³-hybridized carbons (Fsp3) is 0.267. The second kappa shape index (κ2) is 12.1. The zero-order chi connectivity index (χ0) is 21.9. The molecule has 3 aromatic carbocycles. The van der Waals surface area contributed by atoms with Gasteiger partial charge in [0.25, 0.3) is 0 Å². The number of benzene rings is 3. The van der Waals surface area contributed by atoms with Crippen molar-refractivity contribution in [2.24, 2.45) is 0 Å². The molecule has 0 amide bonds. The van der Waals surface area contributed by atoms with Crippen LogP contribution in [0.2, 0.25) is 0 Å². The van der Waals surface area contributed by atoms with Gasteiger partial charge in [-0.05, 0) is 90.8 Å². The van der Waals surface area contributed by atoms with Crippen LogP contribution in [0.15, 0.2) is 92.0 Å². The molecule has 0 nitrogen and oxygen atoms in total. The van der Waals surface area contributed by atoms with Gasteiger partial charge in [-0.3, -0.25) is 0 Å². The van der Waals surface area contributed by atoms with Crippen LogP contribution in [0.4, 0.5) is 4.39 Å². The molecule has 0 aliphatic carbocycles. The van der Waals surface area contributed by atoms with E-state index >= 15 is 0 Å². The van der Waals surface area contributed by atoms with Gasteiger partial charge in [0, 0.05) is 0 Å². The van der Waals surface area contributed by atoms with E-state index < -0.39 is 0 Å². The average Bonchev–Trinajstić information content (AvgIpc) is 2.81. The molecule has 0 radical (unpaired) electrons. The van der Waals surface area contributed by atoms with E-state index in [9.17, 15) is 4.39 Å². The second-order valence-electron chi connectivity index (χ2n) is 8.18. The van der Waals surface area contributed by atoms with Crippen LogP contribution < -0.4 is 0 Å². The summed E-state index contributed by atoms with van der Waals surface area (Å²) in [6, 6.07) is 23.4. The van der Waals surface area contributed by atoms with Gasteiger partial charge in [0.2, 0.25) is 0 Å². The van der Waals surface area contributed by atoms with Gasteiger partial charge < -0.3 is 0 Å². The third kappa shape index (κ3) is 7.07. The van der Waals surface area contributed by atoms with E-state index in [1.807, 2.05) is 18.2 Å². The van der Waals surface area contributed by atoms with Crippen molar-refractivity contribution < 1.29 is 4.39 Å². The maximum Gasteiger partial charge on any atom is 0.126 e. The average molecular weight is 413 g/mol. The number of hydrogen-bond donors (Lipinski definition) is 0. The molecule has 31 heavy (non-hydrogen) atoms. The summed E-state index contributed by atoms with van der Waals surface area (Å²) in [7, 11) is 0. The lowest BCUT2D eigenvalue weighted by Gasteiger charge is -2.07. The number of rotatable bonds is 12. The van der Waals surface area contributed by atoms with Crippen molar-refractivity contribution in [1.29, 1.82) is 0 Å². The highest BCUT2D eigenvalue weighted by Gasteiger charge is 2.04. The summed E-state index contributed by atoms with van der Waals surface area (Å²) >= 11 is 0. The minimum Gasteiger partial charge on any atom is -0.207 e. The molecule has 1 heteroatoms. The molecule has 0 N–H and O–H groups in total. The van der Waals surface area contributed by atoms with Crippen molar-refractivity contribution >= 4 is 0 Å². The normalized spacial score (nSPS) is 10.7. The van der Waals surface area contributed by atoms with E-state index in [1.165, 1.54) is 22.3 Å². The lowest BCUT2D eigenvalue weighted by atomic mass is 9.98. The zero-order valence-electron chi connectivity index (χ0n) is 18.5. The Morgan fingerprint density at radius 3 is 1.61 bits per heavy atom. The minimum atomic E-state index is -0.0799. The van der Waals surface area contributed by atoms with Crippen LogP contribution in [0.5, 0.6) is 0 Å². The summed E-state index contributed by atoms with van der Waals surface area (Å²) < 4.78 is 14.2. The van der Waals surface area contributed by atoms with E-state index in [0.717, 1.165) is 62.5 Å². The molecule has 160 valence electrons. The van der Waals surface area contributed by atoms with E-state index in [2.05, 4.69) is 67.8 Å². The van der Waals surface area contributed by atoms with Gasteiger partial charge in [-0.15, -0.1) is 13.2 Å². The van der Waals surface area contributed by atoms with Crippen LogP contribution in [0.1, 0.15) is 47.9 Å². The molecule has 0 heterocycles. The first-order chi connectivity index (χ1) is 15.2. The molecule has 0 aromatic heterocycles. The Morgan fingerprint density at radius 1 is 0.581 bits per heavy atom. The van der Waals surface area contributed by atoms with Crippen LogP contribution in [-0.4, -0.2) is 0 Å². The lowest BCUT2D eigenvalue weighted by Crippen LogP contribution is -1.94. The van der Waals surface area contributed by atoms with Gasteiger partial charge in [-0.25, -0.2) is 4.39 Å². The van der Waals surface area contributed by atoms with Crippen LogP contribution in [0.25, 0.3) is 11.1 Å². The van der Waals surface area contributed by atoms with Crippen LogP contribution in [-0.2, 0) is 25.7 Å². The zero-order valence-corrected chi connectivity index (χ0v) is 18.5. The van der Waals surface area contributed by atoms with Gasteiger partial charge in [0.15, 0.2) is 0 Å². The monoisotopic (exact) mass is 412 g/mol. The van der Waals surface area contributed by atoms with Crippen molar-refractivity contribution in [2.45, 2.75) is 51.4 Å². The number of hydrogen-bond acceptors (Lipinski definition) is 0. The minimum absolute atomic E-state index is 0.0799. The quantitative estimate of drug-likeness (QED) is 0.207. The molecular formula is C30H33F.